The maximum absolute atomic E-state index is 12.6. The molecule has 0 radical (unpaired) electrons. The highest BCUT2D eigenvalue weighted by Crippen LogP contribution is 2.12. The van der Waals surface area contributed by atoms with E-state index in [9.17, 15) is 4.79 Å². The fraction of sp³-hybridized carbons (Fsp3) is 0.381. The fourth-order valence-electron chi connectivity index (χ4n) is 3.32. The number of rotatable bonds is 6. The molecule has 1 aliphatic heterocycles. The first-order valence-corrected chi connectivity index (χ1v) is 9.21. The van der Waals surface area contributed by atoms with Gasteiger partial charge in [0, 0.05) is 57.1 Å². The number of benzene rings is 2. The molecule has 154 valence electrons. The second kappa shape index (κ2) is 11.9. The normalized spacial score (nSPS) is 14.3. The van der Waals surface area contributed by atoms with E-state index in [0.717, 1.165) is 45.8 Å². The van der Waals surface area contributed by atoms with Crippen molar-refractivity contribution in [3.05, 3.63) is 65.7 Å². The second-order valence-corrected chi connectivity index (χ2v) is 6.98. The van der Waals surface area contributed by atoms with Crippen molar-refractivity contribution >= 4 is 36.4 Å². The Hall–Kier alpha value is -1.79. The van der Waals surface area contributed by atoms with Crippen LogP contribution in [0.2, 0.25) is 0 Å². The minimum absolute atomic E-state index is 0. The lowest BCUT2D eigenvalue weighted by Gasteiger charge is -2.35. The van der Waals surface area contributed by atoms with Gasteiger partial charge in [0.15, 0.2) is 0 Å². The summed E-state index contributed by atoms with van der Waals surface area (Å²) in [6.07, 6.45) is 0. The van der Waals surface area contributed by atoms with Gasteiger partial charge in [-0.3, -0.25) is 9.69 Å². The van der Waals surface area contributed by atoms with Crippen molar-refractivity contribution in [1.82, 2.24) is 14.7 Å². The van der Waals surface area contributed by atoms with Crippen LogP contribution in [0.5, 0.6) is 0 Å². The van der Waals surface area contributed by atoms with Gasteiger partial charge in [0.1, 0.15) is 0 Å². The summed E-state index contributed by atoms with van der Waals surface area (Å²) in [6, 6.07) is 17.8. The van der Waals surface area contributed by atoms with E-state index in [-0.39, 0.29) is 30.7 Å². The van der Waals surface area contributed by atoms with E-state index in [1.165, 1.54) is 5.56 Å². The van der Waals surface area contributed by atoms with Crippen molar-refractivity contribution in [3.63, 3.8) is 0 Å². The van der Waals surface area contributed by atoms with E-state index < -0.39 is 0 Å². The third kappa shape index (κ3) is 6.99. The van der Waals surface area contributed by atoms with Crippen molar-refractivity contribution in [2.24, 2.45) is 0 Å². The van der Waals surface area contributed by atoms with Gasteiger partial charge in [-0.25, -0.2) is 0 Å². The van der Waals surface area contributed by atoms with E-state index in [1.807, 2.05) is 23.1 Å². The molecule has 2 aromatic rings. The molecule has 1 saturated heterocycles. The third-order valence-electron chi connectivity index (χ3n) is 4.89. The SMILES string of the molecule is CN(CCN1CCN(C(=O)c2cccc(N)c2)CC1)Cc1ccccc1.Cl.Cl. The summed E-state index contributed by atoms with van der Waals surface area (Å²) in [6.45, 7) is 6.42. The zero-order chi connectivity index (χ0) is 18.4. The molecule has 0 aliphatic carbocycles. The summed E-state index contributed by atoms with van der Waals surface area (Å²) >= 11 is 0. The molecular formula is C21H30Cl2N4O. The number of hydrogen-bond acceptors (Lipinski definition) is 4. The zero-order valence-corrected chi connectivity index (χ0v) is 17.9. The van der Waals surface area contributed by atoms with Crippen molar-refractivity contribution in [3.8, 4) is 0 Å². The van der Waals surface area contributed by atoms with Gasteiger partial charge in [0.05, 0.1) is 0 Å². The maximum atomic E-state index is 12.6. The Kier molecular flexibility index (Phi) is 10.3. The number of likely N-dealkylation sites (N-methyl/N-ethyl adjacent to an activating group) is 1. The van der Waals surface area contributed by atoms with Crippen LogP contribution in [0, 0.1) is 0 Å². The lowest BCUT2D eigenvalue weighted by Crippen LogP contribution is -2.50. The molecule has 1 heterocycles. The Balaban J connectivity index is 0.00000196. The number of anilines is 1. The third-order valence-corrected chi connectivity index (χ3v) is 4.89. The van der Waals surface area contributed by atoms with Gasteiger partial charge in [-0.15, -0.1) is 24.8 Å². The van der Waals surface area contributed by atoms with E-state index in [4.69, 9.17) is 5.73 Å². The molecule has 0 spiro atoms. The van der Waals surface area contributed by atoms with Crippen LogP contribution in [0.4, 0.5) is 5.69 Å². The van der Waals surface area contributed by atoms with Gasteiger partial charge in [-0.2, -0.15) is 0 Å². The molecule has 0 bridgehead atoms. The zero-order valence-electron chi connectivity index (χ0n) is 16.3. The van der Waals surface area contributed by atoms with Gasteiger partial charge < -0.3 is 15.5 Å². The molecule has 1 fully saturated rings. The average Bonchev–Trinajstić information content (AvgIpc) is 2.67. The molecular weight excluding hydrogens is 395 g/mol. The summed E-state index contributed by atoms with van der Waals surface area (Å²) in [7, 11) is 2.16. The van der Waals surface area contributed by atoms with Crippen LogP contribution < -0.4 is 5.73 Å². The number of nitrogen functional groups attached to an aromatic ring is 1. The molecule has 28 heavy (non-hydrogen) atoms. The van der Waals surface area contributed by atoms with E-state index in [0.29, 0.717) is 11.3 Å². The fourth-order valence-corrected chi connectivity index (χ4v) is 3.32. The Morgan fingerprint density at radius 1 is 1.00 bits per heavy atom. The molecule has 7 heteroatoms. The molecule has 0 unspecified atom stereocenters. The number of nitrogens with two attached hydrogens (primary N) is 1. The monoisotopic (exact) mass is 424 g/mol. The number of halogens is 2. The second-order valence-electron chi connectivity index (χ2n) is 6.98. The number of piperazine rings is 1. The summed E-state index contributed by atoms with van der Waals surface area (Å²) in [5.74, 6) is 0.0816. The highest BCUT2D eigenvalue weighted by molar-refractivity contribution is 5.95. The number of carbonyl (C=O) groups excluding carboxylic acids is 1. The number of carbonyl (C=O) groups is 1. The van der Waals surface area contributed by atoms with Crippen LogP contribution in [0.3, 0.4) is 0 Å². The van der Waals surface area contributed by atoms with E-state index in [1.54, 1.807) is 12.1 Å². The van der Waals surface area contributed by atoms with Crippen LogP contribution in [0.25, 0.3) is 0 Å². The largest absolute Gasteiger partial charge is 0.399 e. The molecule has 0 saturated carbocycles. The van der Waals surface area contributed by atoms with Gasteiger partial charge in [-0.1, -0.05) is 36.4 Å². The van der Waals surface area contributed by atoms with Crippen molar-refractivity contribution < 1.29 is 4.79 Å². The summed E-state index contributed by atoms with van der Waals surface area (Å²) in [5.41, 5.74) is 8.44. The molecule has 1 amide bonds. The van der Waals surface area contributed by atoms with Gasteiger partial charge >= 0.3 is 0 Å². The Morgan fingerprint density at radius 3 is 2.32 bits per heavy atom. The molecule has 3 rings (SSSR count). The minimum Gasteiger partial charge on any atom is -0.399 e. The predicted molar refractivity (Wildman–Crippen MR) is 120 cm³/mol. The highest BCUT2D eigenvalue weighted by Gasteiger charge is 2.22. The van der Waals surface area contributed by atoms with Crippen LogP contribution in [0.1, 0.15) is 15.9 Å². The molecule has 2 N–H and O–H groups in total. The predicted octanol–water partition coefficient (Wildman–Crippen LogP) is 3.00. The minimum atomic E-state index is 0. The molecule has 1 aliphatic rings. The smallest absolute Gasteiger partial charge is 0.254 e. The van der Waals surface area contributed by atoms with Crippen LogP contribution in [-0.2, 0) is 6.54 Å². The van der Waals surface area contributed by atoms with Gasteiger partial charge in [0.25, 0.3) is 5.91 Å². The van der Waals surface area contributed by atoms with Crippen LogP contribution in [-0.4, -0.2) is 66.9 Å². The Bertz CT molecular complexity index is 721. The van der Waals surface area contributed by atoms with Crippen molar-refractivity contribution in [2.75, 3.05) is 52.0 Å². The Morgan fingerprint density at radius 2 is 1.68 bits per heavy atom. The topological polar surface area (TPSA) is 52.8 Å². The molecule has 2 aromatic carbocycles. The lowest BCUT2D eigenvalue weighted by atomic mass is 10.1. The van der Waals surface area contributed by atoms with E-state index in [2.05, 4.69) is 41.1 Å². The van der Waals surface area contributed by atoms with Gasteiger partial charge in [-0.05, 0) is 30.8 Å². The highest BCUT2D eigenvalue weighted by atomic mass is 35.5. The van der Waals surface area contributed by atoms with Gasteiger partial charge in [0.2, 0.25) is 0 Å². The van der Waals surface area contributed by atoms with Crippen molar-refractivity contribution in [2.45, 2.75) is 6.54 Å². The standard InChI is InChI=1S/C21H28N4O.2ClH/c1-23(17-18-6-3-2-4-7-18)10-11-24-12-14-25(15-13-24)21(26)19-8-5-9-20(22)16-19;;/h2-9,16H,10-15,17,22H2,1H3;2*1H. The maximum Gasteiger partial charge on any atom is 0.254 e. The lowest BCUT2D eigenvalue weighted by molar-refractivity contribution is 0.0626. The first kappa shape index (κ1) is 24.2. The quantitative estimate of drug-likeness (QED) is 0.723. The number of nitrogens with zero attached hydrogens (tertiary/aromatic N) is 3. The number of amides is 1. The molecule has 5 nitrogen and oxygen atoms in total. The van der Waals surface area contributed by atoms with Crippen molar-refractivity contribution in [1.29, 1.82) is 0 Å². The van der Waals surface area contributed by atoms with Crippen LogP contribution in [0.15, 0.2) is 54.6 Å². The first-order valence-electron chi connectivity index (χ1n) is 9.21. The van der Waals surface area contributed by atoms with E-state index >= 15 is 0 Å². The molecule has 0 atom stereocenters. The average molecular weight is 425 g/mol. The summed E-state index contributed by atoms with van der Waals surface area (Å²) < 4.78 is 0. The summed E-state index contributed by atoms with van der Waals surface area (Å²) in [4.78, 5) is 19.3. The molecule has 0 aromatic heterocycles. The first-order chi connectivity index (χ1) is 12.6. The Labute approximate surface area is 180 Å². The summed E-state index contributed by atoms with van der Waals surface area (Å²) in [5, 5.41) is 0. The number of hydrogen-bond donors (Lipinski definition) is 1. The van der Waals surface area contributed by atoms with Crippen LogP contribution >= 0.6 is 24.8 Å².